The Hall–Kier alpha value is -1.10. The van der Waals surface area contributed by atoms with Gasteiger partial charge in [0.1, 0.15) is 0 Å². The Kier molecular flexibility index (Phi) is 4.20. The molecule has 21 heavy (non-hydrogen) atoms. The fraction of sp³-hybridized carbons (Fsp3) is 0.562. The number of carbonyl (C=O) groups is 1. The summed E-state index contributed by atoms with van der Waals surface area (Å²) >= 11 is 6.39. The average Bonchev–Trinajstić information content (AvgIpc) is 2.94. The number of hydrogen-bond donors (Lipinski definition) is 1. The van der Waals surface area contributed by atoms with Crippen LogP contribution in [0.5, 0.6) is 0 Å². The standard InChI is InChI=1S/C16H21ClN2O2/c17-14-4-2-1-3-13(14)16(6-9-21-10-7-16)15(20)19-8-5-12(18)11-19/h1-4,12H,5-11,18H2. The van der Waals surface area contributed by atoms with Crippen molar-refractivity contribution in [3.05, 3.63) is 34.9 Å². The van der Waals surface area contributed by atoms with E-state index in [1.54, 1.807) is 0 Å². The lowest BCUT2D eigenvalue weighted by Gasteiger charge is -2.39. The molecule has 4 nitrogen and oxygen atoms in total. The van der Waals surface area contributed by atoms with E-state index in [9.17, 15) is 4.79 Å². The normalized spacial score (nSPS) is 25.0. The molecule has 1 aromatic carbocycles. The maximum atomic E-state index is 13.2. The summed E-state index contributed by atoms with van der Waals surface area (Å²) < 4.78 is 5.48. The largest absolute Gasteiger partial charge is 0.381 e. The maximum Gasteiger partial charge on any atom is 0.233 e. The van der Waals surface area contributed by atoms with Gasteiger partial charge in [-0.15, -0.1) is 0 Å². The molecular formula is C16H21ClN2O2. The second-order valence-corrected chi connectivity index (χ2v) is 6.38. The van der Waals surface area contributed by atoms with E-state index in [4.69, 9.17) is 22.1 Å². The van der Waals surface area contributed by atoms with Gasteiger partial charge in [-0.25, -0.2) is 0 Å². The summed E-state index contributed by atoms with van der Waals surface area (Å²) in [6.07, 6.45) is 2.24. The fourth-order valence-corrected chi connectivity index (χ4v) is 3.76. The highest BCUT2D eigenvalue weighted by Gasteiger charge is 2.46. The molecule has 1 aromatic rings. The number of carbonyl (C=O) groups excluding carboxylic acids is 1. The van der Waals surface area contributed by atoms with Gasteiger partial charge in [0.2, 0.25) is 5.91 Å². The average molecular weight is 309 g/mol. The van der Waals surface area contributed by atoms with E-state index < -0.39 is 5.41 Å². The van der Waals surface area contributed by atoms with Crippen LogP contribution in [0.25, 0.3) is 0 Å². The van der Waals surface area contributed by atoms with Gasteiger partial charge in [-0.3, -0.25) is 4.79 Å². The molecule has 1 amide bonds. The topological polar surface area (TPSA) is 55.6 Å². The van der Waals surface area contributed by atoms with Crippen molar-refractivity contribution in [1.82, 2.24) is 4.90 Å². The molecule has 0 aliphatic carbocycles. The molecule has 0 bridgehead atoms. The lowest BCUT2D eigenvalue weighted by molar-refractivity contribution is -0.140. The van der Waals surface area contributed by atoms with Crippen molar-refractivity contribution < 1.29 is 9.53 Å². The molecule has 2 aliphatic rings. The zero-order valence-corrected chi connectivity index (χ0v) is 12.8. The van der Waals surface area contributed by atoms with E-state index in [2.05, 4.69) is 0 Å². The van der Waals surface area contributed by atoms with Crippen LogP contribution in [0.2, 0.25) is 5.02 Å². The molecule has 2 fully saturated rings. The number of nitrogens with two attached hydrogens (primary N) is 1. The monoisotopic (exact) mass is 308 g/mol. The van der Waals surface area contributed by atoms with Crippen LogP contribution in [0.15, 0.2) is 24.3 Å². The minimum Gasteiger partial charge on any atom is -0.381 e. The summed E-state index contributed by atoms with van der Waals surface area (Å²) in [5, 5.41) is 0.663. The molecule has 2 heterocycles. The molecular weight excluding hydrogens is 288 g/mol. The van der Waals surface area contributed by atoms with Crippen LogP contribution in [0.3, 0.4) is 0 Å². The van der Waals surface area contributed by atoms with Gasteiger partial charge in [-0.2, -0.15) is 0 Å². The van der Waals surface area contributed by atoms with Crippen molar-refractivity contribution in [1.29, 1.82) is 0 Å². The van der Waals surface area contributed by atoms with Gasteiger partial charge >= 0.3 is 0 Å². The number of likely N-dealkylation sites (tertiary alicyclic amines) is 1. The van der Waals surface area contributed by atoms with Crippen LogP contribution in [0.4, 0.5) is 0 Å². The Morgan fingerprint density at radius 1 is 1.33 bits per heavy atom. The predicted molar refractivity (Wildman–Crippen MR) is 82.4 cm³/mol. The molecule has 0 spiro atoms. The number of benzene rings is 1. The van der Waals surface area contributed by atoms with Gasteiger partial charge in [0, 0.05) is 37.4 Å². The first-order valence-electron chi connectivity index (χ1n) is 7.51. The highest BCUT2D eigenvalue weighted by Crippen LogP contribution is 2.40. The van der Waals surface area contributed by atoms with Gasteiger partial charge in [-0.1, -0.05) is 29.8 Å². The van der Waals surface area contributed by atoms with Gasteiger partial charge in [0.05, 0.1) is 5.41 Å². The van der Waals surface area contributed by atoms with E-state index in [1.165, 1.54) is 0 Å². The van der Waals surface area contributed by atoms with E-state index in [0.717, 1.165) is 18.5 Å². The van der Waals surface area contributed by atoms with Gasteiger partial charge in [-0.05, 0) is 30.9 Å². The highest BCUT2D eigenvalue weighted by molar-refractivity contribution is 6.31. The van der Waals surface area contributed by atoms with Crippen molar-refractivity contribution in [2.45, 2.75) is 30.7 Å². The lowest BCUT2D eigenvalue weighted by Crippen LogP contribution is -2.49. The number of rotatable bonds is 2. The maximum absolute atomic E-state index is 13.2. The van der Waals surface area contributed by atoms with Gasteiger partial charge in [0.15, 0.2) is 0 Å². The first-order chi connectivity index (χ1) is 10.1. The molecule has 0 saturated carbocycles. The summed E-state index contributed by atoms with van der Waals surface area (Å²) in [5.74, 6) is 0.159. The van der Waals surface area contributed by atoms with Gasteiger partial charge < -0.3 is 15.4 Å². The summed E-state index contributed by atoms with van der Waals surface area (Å²) in [7, 11) is 0. The number of ether oxygens (including phenoxy) is 1. The second kappa shape index (κ2) is 5.95. The molecule has 5 heteroatoms. The predicted octanol–water partition coefficient (Wildman–Crippen LogP) is 1.95. The van der Waals surface area contributed by atoms with Crippen molar-refractivity contribution >= 4 is 17.5 Å². The third-order valence-corrected chi connectivity index (χ3v) is 4.99. The molecule has 0 radical (unpaired) electrons. The smallest absolute Gasteiger partial charge is 0.233 e. The molecule has 3 rings (SSSR count). The Balaban J connectivity index is 1.97. The Morgan fingerprint density at radius 2 is 2.05 bits per heavy atom. The molecule has 1 unspecified atom stereocenters. The summed E-state index contributed by atoms with van der Waals surface area (Å²) in [6.45, 7) is 2.58. The molecule has 1 atom stereocenters. The third-order valence-electron chi connectivity index (χ3n) is 4.66. The third kappa shape index (κ3) is 2.68. The Labute approximate surface area is 130 Å². The van der Waals surface area contributed by atoms with E-state index in [0.29, 0.717) is 37.6 Å². The number of halogens is 1. The molecule has 2 aliphatic heterocycles. The quantitative estimate of drug-likeness (QED) is 0.908. The number of hydrogen-bond acceptors (Lipinski definition) is 3. The zero-order valence-electron chi connectivity index (χ0n) is 12.1. The van der Waals surface area contributed by atoms with E-state index in [-0.39, 0.29) is 11.9 Å². The van der Waals surface area contributed by atoms with Crippen molar-refractivity contribution in [3.63, 3.8) is 0 Å². The second-order valence-electron chi connectivity index (χ2n) is 5.97. The molecule has 0 aromatic heterocycles. The van der Waals surface area contributed by atoms with Crippen molar-refractivity contribution in [2.75, 3.05) is 26.3 Å². The Bertz CT molecular complexity index is 529. The van der Waals surface area contributed by atoms with Crippen molar-refractivity contribution in [2.24, 2.45) is 5.73 Å². The summed E-state index contributed by atoms with van der Waals surface area (Å²) in [6, 6.07) is 7.77. The van der Waals surface area contributed by atoms with Crippen LogP contribution in [0, 0.1) is 0 Å². The number of amides is 1. The Morgan fingerprint density at radius 3 is 2.67 bits per heavy atom. The summed E-state index contributed by atoms with van der Waals surface area (Å²) in [5.41, 5.74) is 6.34. The highest BCUT2D eigenvalue weighted by atomic mass is 35.5. The minimum atomic E-state index is -0.555. The summed E-state index contributed by atoms with van der Waals surface area (Å²) in [4.78, 5) is 15.1. The van der Waals surface area contributed by atoms with E-state index in [1.807, 2.05) is 29.2 Å². The zero-order chi connectivity index (χ0) is 14.9. The van der Waals surface area contributed by atoms with Crippen LogP contribution in [0.1, 0.15) is 24.8 Å². The number of nitrogens with zero attached hydrogens (tertiary/aromatic N) is 1. The molecule has 114 valence electrons. The van der Waals surface area contributed by atoms with Crippen LogP contribution in [-0.2, 0) is 14.9 Å². The van der Waals surface area contributed by atoms with E-state index >= 15 is 0 Å². The molecule has 2 N–H and O–H groups in total. The minimum absolute atomic E-state index is 0.0945. The SMILES string of the molecule is NC1CCN(C(=O)C2(c3ccccc3Cl)CCOCC2)C1. The van der Waals surface area contributed by atoms with Crippen LogP contribution < -0.4 is 5.73 Å². The first kappa shape index (κ1) is 14.8. The van der Waals surface area contributed by atoms with Gasteiger partial charge in [0.25, 0.3) is 0 Å². The van der Waals surface area contributed by atoms with Crippen LogP contribution >= 0.6 is 11.6 Å². The molecule has 2 saturated heterocycles. The van der Waals surface area contributed by atoms with Crippen LogP contribution in [-0.4, -0.2) is 43.2 Å². The fourth-order valence-electron chi connectivity index (χ4n) is 3.44. The lowest BCUT2D eigenvalue weighted by atomic mass is 9.73. The first-order valence-corrected chi connectivity index (χ1v) is 7.89. The van der Waals surface area contributed by atoms with Crippen molar-refractivity contribution in [3.8, 4) is 0 Å².